The van der Waals surface area contributed by atoms with Crippen LogP contribution in [0, 0.1) is 0 Å². The molecule has 0 fully saturated rings. The Bertz CT molecular complexity index is 206. The van der Waals surface area contributed by atoms with E-state index in [1.165, 1.54) is 25.2 Å². The summed E-state index contributed by atoms with van der Waals surface area (Å²) in [6, 6.07) is 3.55. The van der Waals surface area contributed by atoms with Crippen LogP contribution in [0.2, 0.25) is 18.1 Å². The van der Waals surface area contributed by atoms with Gasteiger partial charge in [0.25, 0.3) is 0 Å². The highest BCUT2D eigenvalue weighted by Gasteiger charge is 2.30. The third kappa shape index (κ3) is 6.22. The summed E-state index contributed by atoms with van der Waals surface area (Å²) >= 11 is 0. The van der Waals surface area contributed by atoms with Crippen molar-refractivity contribution in [1.29, 1.82) is 0 Å². The maximum absolute atomic E-state index is 11.0. The normalized spacial score (nSPS) is 13.5. The molecule has 0 aliphatic rings. The summed E-state index contributed by atoms with van der Waals surface area (Å²) in [5.41, 5.74) is 0. The number of hydrogen-bond donors (Lipinski definition) is 0. The maximum Gasteiger partial charge on any atom is 0.305 e. The first kappa shape index (κ1) is 16.6. The van der Waals surface area contributed by atoms with Crippen LogP contribution < -0.4 is 0 Å². The lowest BCUT2D eigenvalue weighted by molar-refractivity contribution is -0.140. The van der Waals surface area contributed by atoms with Crippen molar-refractivity contribution in [3.8, 4) is 0 Å². The molecule has 0 saturated heterocycles. The molecule has 0 heterocycles. The lowest BCUT2D eigenvalue weighted by Gasteiger charge is -2.31. The van der Waals surface area contributed by atoms with Crippen LogP contribution in [0.15, 0.2) is 0 Å². The molecule has 1 atom stereocenters. The van der Waals surface area contributed by atoms with Gasteiger partial charge in [0.05, 0.1) is 7.11 Å². The lowest BCUT2D eigenvalue weighted by atomic mass is 10.2. The smallest absolute Gasteiger partial charge is 0.305 e. The molecule has 4 heteroatoms. The molecule has 0 rings (SSSR count). The average Bonchev–Trinajstić information content (AvgIpc) is 2.36. The van der Waals surface area contributed by atoms with E-state index in [1.54, 1.807) is 0 Å². The Labute approximate surface area is 107 Å². The monoisotopic (exact) mass is 260 g/mol. The molecular weight excluding hydrogens is 232 g/mol. The number of carbonyl (C=O) groups is 1. The Balaban J connectivity index is 3.98. The van der Waals surface area contributed by atoms with E-state index in [4.69, 9.17) is 4.43 Å². The molecule has 0 bridgehead atoms. The Morgan fingerprint density at radius 1 is 1.18 bits per heavy atom. The molecule has 0 unspecified atom stereocenters. The second-order valence-corrected chi connectivity index (χ2v) is 9.36. The van der Waals surface area contributed by atoms with Crippen molar-refractivity contribution in [1.82, 2.24) is 0 Å². The van der Waals surface area contributed by atoms with Gasteiger partial charge in [0.15, 0.2) is 8.32 Å². The molecule has 0 spiro atoms. The highest BCUT2D eigenvalue weighted by atomic mass is 28.4. The molecule has 0 aliphatic carbocycles. The van der Waals surface area contributed by atoms with Crippen molar-refractivity contribution in [3.63, 3.8) is 0 Å². The van der Waals surface area contributed by atoms with Crippen LogP contribution in [0.25, 0.3) is 0 Å². The molecule has 0 radical (unpaired) electrons. The molecule has 17 heavy (non-hydrogen) atoms. The molecule has 0 saturated carbocycles. The number of ether oxygens (including phenoxy) is 1. The maximum atomic E-state index is 11.0. The van der Waals surface area contributed by atoms with Crippen LogP contribution in [0.1, 0.15) is 47.0 Å². The quantitative estimate of drug-likeness (QED) is 0.468. The fourth-order valence-corrected chi connectivity index (χ4v) is 5.09. The minimum absolute atomic E-state index is 0.123. The Morgan fingerprint density at radius 3 is 2.12 bits per heavy atom. The summed E-state index contributed by atoms with van der Waals surface area (Å²) in [4.78, 5) is 11.0. The van der Waals surface area contributed by atoms with Crippen LogP contribution in [-0.2, 0) is 14.0 Å². The molecule has 0 aromatic rings. The number of hydrogen-bond acceptors (Lipinski definition) is 3. The largest absolute Gasteiger partial charge is 0.469 e. The Hall–Kier alpha value is -0.353. The van der Waals surface area contributed by atoms with Crippen molar-refractivity contribution in [2.75, 3.05) is 7.11 Å². The fourth-order valence-electron chi connectivity index (χ4n) is 2.12. The van der Waals surface area contributed by atoms with Gasteiger partial charge in [-0.2, -0.15) is 0 Å². The van der Waals surface area contributed by atoms with Gasteiger partial charge in [0, 0.05) is 12.5 Å². The highest BCUT2D eigenvalue weighted by molar-refractivity contribution is 6.73. The molecule has 0 aromatic carbocycles. The van der Waals surface area contributed by atoms with Crippen LogP contribution >= 0.6 is 0 Å². The van der Waals surface area contributed by atoms with Crippen molar-refractivity contribution in [3.05, 3.63) is 0 Å². The van der Waals surface area contributed by atoms with Gasteiger partial charge >= 0.3 is 5.97 Å². The van der Waals surface area contributed by atoms with E-state index in [2.05, 4.69) is 32.4 Å². The Morgan fingerprint density at radius 2 is 1.71 bits per heavy atom. The van der Waals surface area contributed by atoms with E-state index in [-0.39, 0.29) is 12.1 Å². The molecule has 102 valence electrons. The van der Waals surface area contributed by atoms with E-state index in [0.717, 1.165) is 12.8 Å². The van der Waals surface area contributed by atoms with Crippen LogP contribution in [0.4, 0.5) is 0 Å². The summed E-state index contributed by atoms with van der Waals surface area (Å²) < 4.78 is 10.9. The fraction of sp³-hybridized carbons (Fsp3) is 0.923. The molecule has 3 nitrogen and oxygen atoms in total. The van der Waals surface area contributed by atoms with Crippen molar-refractivity contribution < 1.29 is 14.0 Å². The first-order valence-electron chi connectivity index (χ1n) is 6.78. The van der Waals surface area contributed by atoms with Crippen molar-refractivity contribution >= 4 is 14.3 Å². The number of esters is 1. The predicted octanol–water partition coefficient (Wildman–Crippen LogP) is 3.74. The zero-order chi connectivity index (χ0) is 13.3. The topological polar surface area (TPSA) is 35.5 Å². The highest BCUT2D eigenvalue weighted by Crippen LogP contribution is 2.24. The molecular formula is C13H28O3Si. The van der Waals surface area contributed by atoms with Crippen molar-refractivity contribution in [2.24, 2.45) is 0 Å². The third-order valence-electron chi connectivity index (χ3n) is 3.60. The molecule has 0 aliphatic heterocycles. The summed E-state index contributed by atoms with van der Waals surface area (Å²) in [6.07, 6.45) is 2.58. The van der Waals surface area contributed by atoms with Gasteiger partial charge in [-0.1, -0.05) is 20.8 Å². The first-order chi connectivity index (χ1) is 8.03. The summed E-state index contributed by atoms with van der Waals surface area (Å²) in [5, 5.41) is 0. The number of rotatable bonds is 9. The van der Waals surface area contributed by atoms with E-state index in [0.29, 0.717) is 6.42 Å². The van der Waals surface area contributed by atoms with Gasteiger partial charge in [0.1, 0.15) is 0 Å². The van der Waals surface area contributed by atoms with E-state index >= 15 is 0 Å². The van der Waals surface area contributed by atoms with Crippen LogP contribution in [0.5, 0.6) is 0 Å². The van der Waals surface area contributed by atoms with Gasteiger partial charge in [-0.05, 0) is 37.9 Å². The van der Waals surface area contributed by atoms with Crippen molar-refractivity contribution in [2.45, 2.75) is 71.2 Å². The minimum Gasteiger partial charge on any atom is -0.469 e. The molecule has 0 amide bonds. The van der Waals surface area contributed by atoms with Gasteiger partial charge in [-0.15, -0.1) is 0 Å². The SMILES string of the molecule is CC[Si](CC)(CC)O[C@H](C)CCCC(=O)OC. The second kappa shape index (κ2) is 8.70. The average molecular weight is 260 g/mol. The van der Waals surface area contributed by atoms with Gasteiger partial charge in [0.2, 0.25) is 0 Å². The summed E-state index contributed by atoms with van der Waals surface area (Å²) in [5.74, 6) is -0.123. The van der Waals surface area contributed by atoms with Crippen LogP contribution in [0.3, 0.4) is 0 Å². The predicted molar refractivity (Wildman–Crippen MR) is 73.6 cm³/mol. The minimum atomic E-state index is -1.48. The van der Waals surface area contributed by atoms with Gasteiger partial charge < -0.3 is 9.16 Å². The lowest BCUT2D eigenvalue weighted by Crippen LogP contribution is -2.39. The Kier molecular flexibility index (Phi) is 8.52. The van der Waals surface area contributed by atoms with E-state index in [1.807, 2.05) is 0 Å². The molecule has 0 aromatic heterocycles. The zero-order valence-corrected chi connectivity index (χ0v) is 13.0. The summed E-state index contributed by atoms with van der Waals surface area (Å²) in [7, 11) is -0.0462. The van der Waals surface area contributed by atoms with Gasteiger partial charge in [-0.25, -0.2) is 0 Å². The van der Waals surface area contributed by atoms with Crippen LogP contribution in [-0.4, -0.2) is 27.5 Å². The standard InChI is InChI=1S/C13H28O3Si/c1-6-17(7-2,8-3)16-12(4)10-9-11-13(14)15-5/h12H,6-11H2,1-5H3/t12-/m1/s1. The first-order valence-corrected chi connectivity index (χ1v) is 9.31. The third-order valence-corrected chi connectivity index (χ3v) is 8.37. The summed E-state index contributed by atoms with van der Waals surface area (Å²) in [6.45, 7) is 8.83. The van der Waals surface area contributed by atoms with Gasteiger partial charge in [-0.3, -0.25) is 4.79 Å². The number of carbonyl (C=O) groups excluding carboxylic acids is 1. The molecule has 0 N–H and O–H groups in total. The number of methoxy groups -OCH3 is 1. The second-order valence-electron chi connectivity index (χ2n) is 4.64. The zero-order valence-electron chi connectivity index (χ0n) is 12.0. The van der Waals surface area contributed by atoms with E-state index < -0.39 is 8.32 Å². The van der Waals surface area contributed by atoms with E-state index in [9.17, 15) is 4.79 Å².